The largest absolute Gasteiger partial charge is 0.368 e. The minimum absolute atomic E-state index is 0.0679. The molecule has 12 aromatic rings. The Morgan fingerprint density at radius 3 is 1.12 bits per heavy atom. The van der Waals surface area contributed by atoms with Gasteiger partial charge >= 0.3 is 0 Å². The van der Waals surface area contributed by atoms with E-state index >= 15 is 0 Å². The van der Waals surface area contributed by atoms with E-state index in [9.17, 15) is 0 Å². The molecule has 4 heterocycles. The zero-order chi connectivity index (χ0) is 48.3. The molecule has 0 radical (unpaired) electrons. The van der Waals surface area contributed by atoms with E-state index in [1.54, 1.807) is 22.7 Å². The molecule has 17 rings (SSSR count). The molecule has 0 fully saturated rings. The molecule has 8 heteroatoms. The second kappa shape index (κ2) is 15.4. The molecular weight excluding hydrogens is 977 g/mol. The molecule has 74 heavy (non-hydrogen) atoms. The van der Waals surface area contributed by atoms with E-state index in [1.165, 1.54) is 108 Å². The Morgan fingerprint density at radius 1 is 0.338 bits per heavy atom. The highest BCUT2D eigenvalue weighted by atomic mass is 32.2. The molecule has 0 amide bonds. The number of anilines is 2. The van der Waals surface area contributed by atoms with Crippen LogP contribution in [0.4, 0.5) is 11.4 Å². The molecule has 2 unspecified atom stereocenters. The first kappa shape index (κ1) is 41.7. The molecule has 2 aromatic heterocycles. The van der Waals surface area contributed by atoms with Crippen molar-refractivity contribution in [2.75, 3.05) is 10.6 Å². The molecule has 2 aliphatic heterocycles. The van der Waals surface area contributed by atoms with Gasteiger partial charge in [-0.1, -0.05) is 181 Å². The van der Waals surface area contributed by atoms with Gasteiger partial charge in [0.1, 0.15) is 20.8 Å². The lowest BCUT2D eigenvalue weighted by molar-refractivity contribution is 0.632. The molecule has 348 valence electrons. The number of hydrogen-bond donors (Lipinski definition) is 2. The Kier molecular flexibility index (Phi) is 8.69. The highest BCUT2D eigenvalue weighted by Crippen LogP contribution is 2.68. The zero-order valence-corrected chi connectivity index (χ0v) is 42.7. The minimum atomic E-state index is -0.683. The third-order valence-corrected chi connectivity index (χ3v) is 21.0. The van der Waals surface area contributed by atoms with Crippen molar-refractivity contribution in [2.24, 2.45) is 0 Å². The van der Waals surface area contributed by atoms with E-state index < -0.39 is 10.8 Å². The smallest absolute Gasteiger partial charge is 0.124 e. The van der Waals surface area contributed by atoms with Crippen LogP contribution in [0.5, 0.6) is 0 Å². The average molecular weight is 1020 g/mol. The number of thioether (sulfide) groups is 2. The van der Waals surface area contributed by atoms with Gasteiger partial charge in [0, 0.05) is 32.3 Å². The standard InChI is InChI=1S/C66H40N4S4/c1-2-14-46-45(13-1)65(49-33-37(61-67-53-17-5-9-21-57(53)71-61)25-29-41(49)42-30-26-38(34-50(42)65)62-68-54-18-6-10-22-58(54)72-62)47-15-3-4-16-48(47)66(46)51-35-39(63-69-55-19-7-11-23-59(55)73-63)27-31-43(51)44-32-28-40(36-52(44)66)64-70-56-20-8-12-24-60(56)74-64/h1-36,61,63,67,69H. The van der Waals surface area contributed by atoms with Crippen LogP contribution in [0.25, 0.3) is 63.8 Å². The van der Waals surface area contributed by atoms with Crippen LogP contribution in [-0.2, 0) is 10.8 Å². The molecule has 2 N–H and O–H groups in total. The van der Waals surface area contributed by atoms with Crippen molar-refractivity contribution < 1.29 is 0 Å². The van der Waals surface area contributed by atoms with Gasteiger partial charge in [-0.25, -0.2) is 9.97 Å². The van der Waals surface area contributed by atoms with Crippen molar-refractivity contribution in [3.05, 3.63) is 274 Å². The minimum Gasteiger partial charge on any atom is -0.368 e. The molecule has 10 aromatic carbocycles. The van der Waals surface area contributed by atoms with Crippen molar-refractivity contribution in [3.8, 4) is 43.4 Å². The maximum Gasteiger partial charge on any atom is 0.124 e. The molecule has 3 aliphatic carbocycles. The van der Waals surface area contributed by atoms with Crippen LogP contribution in [-0.4, -0.2) is 9.97 Å². The SMILES string of the molecule is c1ccc2c(c1)NC(c1ccc3c(c1)C1(c4cc(-c5nc6ccccc6s5)ccc4-3)c3ccccc3C3(c4cc(-c5nc6ccccc6s5)ccc4-c4ccc(C5Nc6ccccc6S5)cc43)c3ccccc31)S2. The normalized spacial score (nSPS) is 19.8. The Balaban J connectivity index is 0.954. The zero-order valence-electron chi connectivity index (χ0n) is 39.5. The summed E-state index contributed by atoms with van der Waals surface area (Å²) in [4.78, 5) is 13.1. The lowest BCUT2D eigenvalue weighted by atomic mass is 9.52. The van der Waals surface area contributed by atoms with Gasteiger partial charge in [-0.05, 0) is 139 Å². The van der Waals surface area contributed by atoms with E-state index in [2.05, 4.69) is 229 Å². The maximum atomic E-state index is 5.27. The number of nitrogens with one attached hydrogen (secondary N) is 2. The summed E-state index contributed by atoms with van der Waals surface area (Å²) in [5.41, 5.74) is 23.4. The predicted octanol–water partition coefficient (Wildman–Crippen LogP) is 17.7. The second-order valence-corrected chi connectivity index (χ2v) is 24.3. The lowest BCUT2D eigenvalue weighted by Gasteiger charge is -2.49. The van der Waals surface area contributed by atoms with Crippen LogP contribution >= 0.6 is 46.2 Å². The van der Waals surface area contributed by atoms with Crippen LogP contribution in [0.2, 0.25) is 0 Å². The van der Waals surface area contributed by atoms with Crippen LogP contribution < -0.4 is 10.6 Å². The first-order valence-corrected chi connectivity index (χ1v) is 28.6. The monoisotopic (exact) mass is 1020 g/mol. The fraction of sp³-hybridized carbons (Fsp3) is 0.0606. The Bertz CT molecular complexity index is 3950. The third kappa shape index (κ3) is 5.61. The first-order chi connectivity index (χ1) is 36.6. The van der Waals surface area contributed by atoms with Gasteiger partial charge in [0.25, 0.3) is 0 Å². The quantitative estimate of drug-likeness (QED) is 0.183. The highest BCUT2D eigenvalue weighted by Gasteiger charge is 2.59. The Morgan fingerprint density at radius 2 is 0.703 bits per heavy atom. The first-order valence-electron chi connectivity index (χ1n) is 25.2. The van der Waals surface area contributed by atoms with Gasteiger partial charge in [0.2, 0.25) is 0 Å². The van der Waals surface area contributed by atoms with E-state index in [1.807, 2.05) is 23.5 Å². The van der Waals surface area contributed by atoms with Gasteiger partial charge in [-0.15, -0.1) is 22.7 Å². The van der Waals surface area contributed by atoms with Crippen molar-refractivity contribution >= 4 is 78.0 Å². The third-order valence-electron chi connectivity index (χ3n) is 16.3. The lowest BCUT2D eigenvalue weighted by Crippen LogP contribution is -2.43. The molecule has 0 bridgehead atoms. The summed E-state index contributed by atoms with van der Waals surface area (Å²) in [7, 11) is 0. The number of para-hydroxylation sites is 4. The molecule has 0 saturated heterocycles. The summed E-state index contributed by atoms with van der Waals surface area (Å²) in [5.74, 6) is 0. The number of nitrogens with zero attached hydrogens (tertiary/aromatic N) is 2. The average Bonchev–Trinajstić information content (AvgIpc) is 4.38. The summed E-state index contributed by atoms with van der Waals surface area (Å²) < 4.78 is 2.39. The summed E-state index contributed by atoms with van der Waals surface area (Å²) in [5, 5.41) is 10.0. The number of thiazole rings is 2. The van der Waals surface area contributed by atoms with E-state index in [0.717, 1.165) is 32.2 Å². The topological polar surface area (TPSA) is 49.8 Å². The highest BCUT2D eigenvalue weighted by molar-refractivity contribution is 8.00. The van der Waals surface area contributed by atoms with Crippen LogP contribution in [0.1, 0.15) is 66.4 Å². The number of aromatic nitrogens is 2. The number of fused-ring (bicyclic) bond motifs is 20. The summed E-state index contributed by atoms with van der Waals surface area (Å²) >= 11 is 7.36. The fourth-order valence-corrected chi connectivity index (χ4v) is 17.5. The summed E-state index contributed by atoms with van der Waals surface area (Å²) in [6, 6.07) is 82.5. The van der Waals surface area contributed by atoms with E-state index in [-0.39, 0.29) is 10.7 Å². The molecule has 0 saturated carbocycles. The molecule has 2 atom stereocenters. The molecule has 2 spiro atoms. The van der Waals surface area contributed by atoms with Crippen LogP contribution in [0.3, 0.4) is 0 Å². The fourth-order valence-electron chi connectivity index (χ4n) is 13.3. The van der Waals surface area contributed by atoms with Crippen molar-refractivity contribution in [3.63, 3.8) is 0 Å². The predicted molar refractivity (Wildman–Crippen MR) is 309 cm³/mol. The number of benzene rings is 10. The van der Waals surface area contributed by atoms with Crippen molar-refractivity contribution in [1.29, 1.82) is 0 Å². The van der Waals surface area contributed by atoms with Crippen LogP contribution in [0, 0.1) is 0 Å². The Labute approximate surface area is 444 Å². The second-order valence-electron chi connectivity index (χ2n) is 20.0. The van der Waals surface area contributed by atoms with Gasteiger partial charge in [0.05, 0.1) is 31.3 Å². The molecule has 5 aliphatic rings. The number of rotatable bonds is 4. The van der Waals surface area contributed by atoms with Crippen molar-refractivity contribution in [2.45, 2.75) is 31.4 Å². The van der Waals surface area contributed by atoms with Gasteiger partial charge < -0.3 is 10.6 Å². The molecular formula is C66H40N4S4. The number of hydrogen-bond acceptors (Lipinski definition) is 8. The van der Waals surface area contributed by atoms with Crippen LogP contribution in [0.15, 0.2) is 228 Å². The van der Waals surface area contributed by atoms with Gasteiger partial charge in [-0.3, -0.25) is 0 Å². The molecule has 4 nitrogen and oxygen atoms in total. The van der Waals surface area contributed by atoms with E-state index in [0.29, 0.717) is 0 Å². The summed E-state index contributed by atoms with van der Waals surface area (Å²) in [6.07, 6.45) is 0. The Hall–Kier alpha value is -7.72. The maximum absolute atomic E-state index is 5.27. The van der Waals surface area contributed by atoms with E-state index in [4.69, 9.17) is 9.97 Å². The van der Waals surface area contributed by atoms with Gasteiger partial charge in [0.15, 0.2) is 0 Å². The summed E-state index contributed by atoms with van der Waals surface area (Å²) in [6.45, 7) is 0. The van der Waals surface area contributed by atoms with Gasteiger partial charge in [-0.2, -0.15) is 0 Å². The van der Waals surface area contributed by atoms with Crippen molar-refractivity contribution in [1.82, 2.24) is 9.97 Å².